The fourth-order valence-electron chi connectivity index (χ4n) is 2.75. The first kappa shape index (κ1) is 26.0. The Kier molecular flexibility index (Phi) is 8.10. The van der Waals surface area contributed by atoms with E-state index in [0.717, 1.165) is 0 Å². The summed E-state index contributed by atoms with van der Waals surface area (Å²) in [6.07, 6.45) is 2.32. The number of carbonyl (C=O) groups excluding carboxylic acids is 2. The summed E-state index contributed by atoms with van der Waals surface area (Å²) in [5.74, 6) is 0.249. The molecular weight excluding hydrogens is 406 g/mol. The van der Waals surface area contributed by atoms with Crippen molar-refractivity contribution in [2.75, 3.05) is 12.9 Å². The predicted octanol–water partition coefficient (Wildman–Crippen LogP) is 5.19. The Labute approximate surface area is 181 Å². The van der Waals surface area contributed by atoms with Crippen LogP contribution in [0.15, 0.2) is 12.2 Å². The molecular formula is C21H39NO5SSi. The Morgan fingerprint density at radius 3 is 2.17 bits per heavy atom. The van der Waals surface area contributed by atoms with Gasteiger partial charge in [-0.05, 0) is 58.8 Å². The van der Waals surface area contributed by atoms with E-state index in [9.17, 15) is 9.59 Å². The lowest BCUT2D eigenvalue weighted by atomic mass is 10.1. The number of thioether (sulfide) groups is 1. The summed E-state index contributed by atoms with van der Waals surface area (Å²) in [5, 5.41) is -0.0115. The number of hydrogen-bond acceptors (Lipinski definition) is 6. The Hall–Kier alpha value is -0.993. The monoisotopic (exact) mass is 445 g/mol. The smallest absolute Gasteiger partial charge is 0.411 e. The zero-order chi connectivity index (χ0) is 22.8. The van der Waals surface area contributed by atoms with Gasteiger partial charge in [0, 0.05) is 11.8 Å². The summed E-state index contributed by atoms with van der Waals surface area (Å²) in [6.45, 7) is 20.4. The van der Waals surface area contributed by atoms with E-state index in [-0.39, 0.29) is 17.2 Å². The van der Waals surface area contributed by atoms with Crippen molar-refractivity contribution in [1.82, 2.24) is 4.90 Å². The normalized spacial score (nSPS) is 21.3. The first-order chi connectivity index (χ1) is 12.9. The number of amides is 1. The number of esters is 1. The molecule has 0 aromatic heterocycles. The maximum atomic E-state index is 13.1. The molecule has 2 atom stereocenters. The lowest BCUT2D eigenvalue weighted by Crippen LogP contribution is -2.55. The number of methoxy groups -OCH3 is 1. The van der Waals surface area contributed by atoms with Crippen molar-refractivity contribution in [2.45, 2.75) is 96.1 Å². The van der Waals surface area contributed by atoms with Crippen molar-refractivity contribution in [3.8, 4) is 0 Å². The third-order valence-corrected chi connectivity index (χ3v) is 11.2. The second-order valence-corrected chi connectivity index (χ2v) is 16.8. The lowest BCUT2D eigenvalue weighted by molar-refractivity contribution is -0.134. The highest BCUT2D eigenvalue weighted by atomic mass is 32.2. The van der Waals surface area contributed by atoms with E-state index in [1.165, 1.54) is 13.2 Å². The van der Waals surface area contributed by atoms with Crippen molar-refractivity contribution in [1.29, 1.82) is 0 Å². The summed E-state index contributed by atoms with van der Waals surface area (Å²) >= 11 is 1.68. The van der Waals surface area contributed by atoms with E-state index < -0.39 is 30.9 Å². The molecule has 8 heteroatoms. The molecule has 29 heavy (non-hydrogen) atoms. The van der Waals surface area contributed by atoms with Crippen LogP contribution in [0.3, 0.4) is 0 Å². The van der Waals surface area contributed by atoms with E-state index in [2.05, 4.69) is 33.9 Å². The molecule has 0 aromatic carbocycles. The van der Waals surface area contributed by atoms with Crippen LogP contribution >= 0.6 is 11.8 Å². The minimum atomic E-state index is -2.17. The van der Waals surface area contributed by atoms with Gasteiger partial charge in [-0.1, -0.05) is 20.8 Å². The molecule has 1 heterocycles. The van der Waals surface area contributed by atoms with Crippen molar-refractivity contribution >= 4 is 32.1 Å². The van der Waals surface area contributed by atoms with Crippen LogP contribution in [-0.4, -0.2) is 60.8 Å². The molecule has 0 radical (unpaired) electrons. The summed E-state index contributed by atoms with van der Waals surface area (Å²) < 4.78 is 17.1. The molecule has 1 aliphatic heterocycles. The van der Waals surface area contributed by atoms with Crippen LogP contribution < -0.4 is 0 Å². The van der Waals surface area contributed by atoms with Gasteiger partial charge in [-0.3, -0.25) is 4.90 Å². The maximum Gasteiger partial charge on any atom is 0.411 e. The first-order valence-electron chi connectivity index (χ1n) is 10.0. The number of carbonyl (C=O) groups is 2. The molecule has 0 aromatic rings. The third kappa shape index (κ3) is 7.03. The van der Waals surface area contributed by atoms with Crippen LogP contribution in [-0.2, 0) is 18.7 Å². The van der Waals surface area contributed by atoms with Gasteiger partial charge in [0.15, 0.2) is 8.32 Å². The average Bonchev–Trinajstić information content (AvgIpc) is 2.83. The summed E-state index contributed by atoms with van der Waals surface area (Å²) in [7, 11) is -0.822. The fraction of sp³-hybridized carbons (Fsp3) is 0.810. The molecule has 1 amide bonds. The van der Waals surface area contributed by atoms with Crippen molar-refractivity contribution < 1.29 is 23.5 Å². The standard InChI is InChI=1S/C21H39NO5SSi/c1-19(2,3)26-18(24)22-15(14-28-21(22,7)8)16(12-13-17(23)25-9)27-29(10,11)20(4,5)6/h12-13,15-16H,14H2,1-11H3/b13-12+/t15-,16+/m0/s1. The predicted molar refractivity (Wildman–Crippen MR) is 122 cm³/mol. The number of ether oxygens (including phenoxy) is 2. The minimum absolute atomic E-state index is 0.0115. The van der Waals surface area contributed by atoms with Crippen LogP contribution in [0.1, 0.15) is 55.4 Å². The van der Waals surface area contributed by atoms with E-state index >= 15 is 0 Å². The van der Waals surface area contributed by atoms with Gasteiger partial charge >= 0.3 is 12.1 Å². The van der Waals surface area contributed by atoms with Gasteiger partial charge in [-0.15, -0.1) is 11.8 Å². The molecule has 0 unspecified atom stereocenters. The largest absolute Gasteiger partial charge is 0.466 e. The summed E-state index contributed by atoms with van der Waals surface area (Å²) in [5.41, 5.74) is -0.595. The minimum Gasteiger partial charge on any atom is -0.466 e. The van der Waals surface area contributed by atoms with Gasteiger partial charge in [0.05, 0.1) is 24.1 Å². The van der Waals surface area contributed by atoms with E-state index in [1.807, 2.05) is 34.6 Å². The molecule has 0 aliphatic carbocycles. The van der Waals surface area contributed by atoms with Gasteiger partial charge in [0.25, 0.3) is 0 Å². The van der Waals surface area contributed by atoms with Gasteiger partial charge in [0.2, 0.25) is 0 Å². The average molecular weight is 446 g/mol. The highest BCUT2D eigenvalue weighted by Gasteiger charge is 2.50. The molecule has 1 aliphatic rings. The van der Waals surface area contributed by atoms with E-state index in [4.69, 9.17) is 13.9 Å². The molecule has 0 N–H and O–H groups in total. The molecule has 1 saturated heterocycles. The Morgan fingerprint density at radius 1 is 1.17 bits per heavy atom. The van der Waals surface area contributed by atoms with Crippen LogP contribution in [0.5, 0.6) is 0 Å². The third-order valence-electron chi connectivity index (χ3n) is 5.35. The Morgan fingerprint density at radius 2 is 1.72 bits per heavy atom. The highest BCUT2D eigenvalue weighted by Crippen LogP contribution is 2.44. The van der Waals surface area contributed by atoms with Gasteiger partial charge in [-0.25, -0.2) is 9.59 Å². The van der Waals surface area contributed by atoms with Crippen LogP contribution in [0.4, 0.5) is 4.79 Å². The molecule has 0 spiro atoms. The maximum absolute atomic E-state index is 13.1. The SMILES string of the molecule is COC(=O)/C=C/[C@@H](O[Si](C)(C)C(C)(C)C)[C@@H]1CSC(C)(C)N1C(=O)OC(C)(C)C. The molecule has 0 saturated carbocycles. The Balaban J connectivity index is 3.31. The molecule has 168 valence electrons. The molecule has 6 nitrogen and oxygen atoms in total. The topological polar surface area (TPSA) is 65.1 Å². The lowest BCUT2D eigenvalue weighted by Gasteiger charge is -2.43. The fourth-order valence-corrected chi connectivity index (χ4v) is 5.28. The van der Waals surface area contributed by atoms with Crippen molar-refractivity contribution in [2.24, 2.45) is 0 Å². The number of hydrogen-bond donors (Lipinski definition) is 0. The molecule has 0 bridgehead atoms. The van der Waals surface area contributed by atoms with E-state index in [0.29, 0.717) is 5.75 Å². The quantitative estimate of drug-likeness (QED) is 0.329. The summed E-state index contributed by atoms with van der Waals surface area (Å²) in [6, 6.07) is -0.250. The summed E-state index contributed by atoms with van der Waals surface area (Å²) in [4.78, 5) is 26.2. The van der Waals surface area contributed by atoms with Crippen LogP contribution in [0, 0.1) is 0 Å². The second kappa shape index (κ2) is 9.02. The van der Waals surface area contributed by atoms with Gasteiger partial charge in [0.1, 0.15) is 5.60 Å². The zero-order valence-electron chi connectivity index (χ0n) is 19.9. The van der Waals surface area contributed by atoms with Gasteiger partial charge in [-0.2, -0.15) is 0 Å². The number of rotatable bonds is 5. The van der Waals surface area contributed by atoms with Gasteiger partial charge < -0.3 is 13.9 Å². The van der Waals surface area contributed by atoms with Crippen molar-refractivity contribution in [3.63, 3.8) is 0 Å². The second-order valence-electron chi connectivity index (χ2n) is 10.4. The Bertz CT molecular complexity index is 634. The highest BCUT2D eigenvalue weighted by molar-refractivity contribution is 8.00. The van der Waals surface area contributed by atoms with Crippen LogP contribution in [0.2, 0.25) is 18.1 Å². The zero-order valence-corrected chi connectivity index (χ0v) is 21.7. The van der Waals surface area contributed by atoms with E-state index in [1.54, 1.807) is 22.7 Å². The number of nitrogens with zero attached hydrogens (tertiary/aromatic N) is 1. The first-order valence-corrected chi connectivity index (χ1v) is 13.9. The van der Waals surface area contributed by atoms with Crippen molar-refractivity contribution in [3.05, 3.63) is 12.2 Å². The molecule has 1 rings (SSSR count). The molecule has 1 fully saturated rings. The van der Waals surface area contributed by atoms with Crippen LogP contribution in [0.25, 0.3) is 0 Å².